The minimum Gasteiger partial charge on any atom is -0.496 e. The summed E-state index contributed by atoms with van der Waals surface area (Å²) in [6.07, 6.45) is 7.07. The minimum atomic E-state index is -4.01. The van der Waals surface area contributed by atoms with Gasteiger partial charge in [0.05, 0.1) is 24.1 Å². The molecule has 3 saturated heterocycles. The van der Waals surface area contributed by atoms with Gasteiger partial charge in [0, 0.05) is 93.0 Å². The SMILES string of the molecule is COc1cc(Cn2cccn2)cc2onc(NS(=O)(=O)c3cccc(N4CCC(CN5CCN(c6ccc7c(c6)c6cccnc6n7C6CCC(=O)NC6=O)CC5)C4)c3)c12. The number of hydrogen-bond acceptors (Lipinski definition) is 12. The van der Waals surface area contributed by atoms with Crippen molar-refractivity contribution >= 4 is 71.9 Å². The number of ether oxygens (including phenoxy) is 1. The summed E-state index contributed by atoms with van der Waals surface area (Å²) in [6.45, 7) is 6.78. The lowest BCUT2D eigenvalue weighted by molar-refractivity contribution is -0.135. The molecule has 2 unspecified atom stereocenters. The van der Waals surface area contributed by atoms with E-state index in [9.17, 15) is 18.0 Å². The molecule has 4 aromatic heterocycles. The number of aromatic nitrogens is 5. The van der Waals surface area contributed by atoms with Crippen molar-refractivity contribution in [2.24, 2.45) is 5.92 Å². The molecule has 308 valence electrons. The molecular weight excluding hydrogens is 785 g/mol. The minimum absolute atomic E-state index is 0.0643. The van der Waals surface area contributed by atoms with Gasteiger partial charge in [-0.25, -0.2) is 13.4 Å². The molecule has 0 radical (unpaired) electrons. The van der Waals surface area contributed by atoms with Crippen LogP contribution in [0.1, 0.15) is 30.9 Å². The number of pyridine rings is 1. The van der Waals surface area contributed by atoms with Crippen molar-refractivity contribution in [2.75, 3.05) is 67.4 Å². The number of hydrogen-bond donors (Lipinski definition) is 2. The van der Waals surface area contributed by atoms with E-state index >= 15 is 0 Å². The molecule has 0 bridgehead atoms. The average molecular weight is 829 g/mol. The number of benzene rings is 3. The number of carbonyl (C=O) groups excluding carboxylic acids is 2. The number of sulfonamides is 1. The zero-order valence-electron chi connectivity index (χ0n) is 33.0. The Bertz CT molecular complexity index is 2870. The quantitative estimate of drug-likeness (QED) is 0.167. The van der Waals surface area contributed by atoms with Crippen molar-refractivity contribution in [3.8, 4) is 5.75 Å². The highest BCUT2D eigenvalue weighted by atomic mass is 32.2. The van der Waals surface area contributed by atoms with Gasteiger partial charge in [0.15, 0.2) is 11.4 Å². The molecule has 17 heteroatoms. The number of piperazine rings is 1. The maximum Gasteiger partial charge on any atom is 0.263 e. The molecule has 2 N–H and O–H groups in total. The predicted octanol–water partition coefficient (Wildman–Crippen LogP) is 5.01. The third-order valence-corrected chi connectivity index (χ3v) is 13.4. The second-order valence-corrected chi connectivity index (χ2v) is 17.5. The van der Waals surface area contributed by atoms with Crippen LogP contribution in [0.2, 0.25) is 0 Å². The van der Waals surface area contributed by atoms with Crippen LogP contribution in [0.25, 0.3) is 32.9 Å². The Morgan fingerprint density at radius 2 is 1.77 bits per heavy atom. The molecule has 3 aromatic carbocycles. The van der Waals surface area contributed by atoms with E-state index in [0.29, 0.717) is 42.0 Å². The summed E-state index contributed by atoms with van der Waals surface area (Å²) in [5, 5.41) is 13.3. The first-order valence-corrected chi connectivity index (χ1v) is 21.7. The van der Waals surface area contributed by atoms with Crippen LogP contribution in [-0.4, -0.2) is 103 Å². The molecule has 16 nitrogen and oxygen atoms in total. The lowest BCUT2D eigenvalue weighted by Gasteiger charge is -2.37. The maximum absolute atomic E-state index is 13.8. The topological polar surface area (TPSA) is 173 Å². The number of fused-ring (bicyclic) bond motifs is 4. The van der Waals surface area contributed by atoms with Gasteiger partial charge in [-0.1, -0.05) is 11.2 Å². The second kappa shape index (κ2) is 15.3. The number of nitrogens with one attached hydrogen (secondary N) is 2. The highest BCUT2D eigenvalue weighted by molar-refractivity contribution is 7.92. The number of carbonyl (C=O) groups is 2. The average Bonchev–Trinajstić information content (AvgIpc) is 4.09. The highest BCUT2D eigenvalue weighted by Gasteiger charge is 2.32. The Balaban J connectivity index is 0.776. The zero-order valence-corrected chi connectivity index (χ0v) is 33.8. The Hall–Kier alpha value is -6.46. The van der Waals surface area contributed by atoms with E-state index < -0.39 is 16.1 Å². The van der Waals surface area contributed by atoms with E-state index in [2.05, 4.69) is 58.2 Å². The molecule has 10 rings (SSSR count). The van der Waals surface area contributed by atoms with E-state index in [4.69, 9.17) is 9.26 Å². The molecule has 2 atom stereocenters. The molecule has 3 aliphatic rings. The number of anilines is 3. The fourth-order valence-electron chi connectivity index (χ4n) is 9.10. The predicted molar refractivity (Wildman–Crippen MR) is 227 cm³/mol. The zero-order chi connectivity index (χ0) is 41.0. The smallest absolute Gasteiger partial charge is 0.263 e. The van der Waals surface area contributed by atoms with E-state index in [-0.39, 0.29) is 22.5 Å². The first-order valence-electron chi connectivity index (χ1n) is 20.2. The molecule has 60 heavy (non-hydrogen) atoms. The Kier molecular flexibility index (Phi) is 9.63. The number of piperidine rings is 1. The summed E-state index contributed by atoms with van der Waals surface area (Å²) in [5.41, 5.74) is 4.95. The lowest BCUT2D eigenvalue weighted by atomic mass is 10.1. The third kappa shape index (κ3) is 7.06. The van der Waals surface area contributed by atoms with Crippen LogP contribution in [0.4, 0.5) is 17.2 Å². The van der Waals surface area contributed by atoms with Crippen LogP contribution in [-0.2, 0) is 26.2 Å². The molecule has 0 spiro atoms. The first-order chi connectivity index (χ1) is 29.2. The van der Waals surface area contributed by atoms with Gasteiger partial charge < -0.3 is 23.6 Å². The van der Waals surface area contributed by atoms with Crippen molar-refractivity contribution in [1.82, 2.24) is 34.7 Å². The van der Waals surface area contributed by atoms with Gasteiger partial charge in [0.25, 0.3) is 10.0 Å². The maximum atomic E-state index is 13.8. The van der Waals surface area contributed by atoms with Crippen molar-refractivity contribution in [2.45, 2.75) is 36.7 Å². The highest BCUT2D eigenvalue weighted by Crippen LogP contribution is 2.37. The monoisotopic (exact) mass is 828 g/mol. The van der Waals surface area contributed by atoms with Crippen LogP contribution < -0.4 is 24.6 Å². The Labute approximate surface area is 345 Å². The van der Waals surface area contributed by atoms with Gasteiger partial charge >= 0.3 is 0 Å². The van der Waals surface area contributed by atoms with Gasteiger partial charge in [0.1, 0.15) is 22.8 Å². The number of methoxy groups -OCH3 is 1. The number of amides is 2. The fourth-order valence-corrected chi connectivity index (χ4v) is 10.1. The van der Waals surface area contributed by atoms with Crippen LogP contribution >= 0.6 is 0 Å². The van der Waals surface area contributed by atoms with E-state index in [1.54, 1.807) is 41.3 Å². The largest absolute Gasteiger partial charge is 0.496 e. The van der Waals surface area contributed by atoms with Crippen LogP contribution in [0.15, 0.2) is 101 Å². The number of imide groups is 1. The molecule has 7 heterocycles. The lowest BCUT2D eigenvalue weighted by Crippen LogP contribution is -2.48. The van der Waals surface area contributed by atoms with E-state index in [0.717, 1.165) is 91.1 Å². The molecule has 3 fully saturated rings. The van der Waals surface area contributed by atoms with Crippen LogP contribution in [0, 0.1) is 5.92 Å². The van der Waals surface area contributed by atoms with Crippen LogP contribution in [0.3, 0.4) is 0 Å². The first kappa shape index (κ1) is 37.8. The molecule has 2 amide bonds. The molecule has 0 aliphatic carbocycles. The summed E-state index contributed by atoms with van der Waals surface area (Å²) in [6, 6.07) is 22.4. The van der Waals surface area contributed by atoms with E-state index in [1.807, 2.05) is 41.1 Å². The van der Waals surface area contributed by atoms with Gasteiger partial charge in [-0.15, -0.1) is 0 Å². The summed E-state index contributed by atoms with van der Waals surface area (Å²) in [4.78, 5) is 36.8. The number of rotatable bonds is 11. The summed E-state index contributed by atoms with van der Waals surface area (Å²) >= 11 is 0. The Morgan fingerprint density at radius 1 is 0.900 bits per heavy atom. The Morgan fingerprint density at radius 3 is 2.58 bits per heavy atom. The summed E-state index contributed by atoms with van der Waals surface area (Å²) in [7, 11) is -2.48. The number of nitrogens with zero attached hydrogens (tertiary/aromatic N) is 8. The molecular formula is C43H44N10O6S. The standard InChI is InChI=1S/C43H44N10O6S/c1-58-37-21-29(27-52-15-4-14-45-52)22-38-40(37)41(47-59-38)48-60(56,57)32-6-2-5-30(23-32)51-16-12-28(26-51)25-49-17-19-50(20-18-49)31-8-9-35-34(24-31)33-7-3-13-44-42(33)53(35)36-10-11-39(54)46-43(36)55/h2-9,13-15,21-24,28,36H,10-12,16-20,25-27H2,1H3,(H,47,48)(H,46,54,55). The third-order valence-electron chi connectivity index (χ3n) is 12.1. The fraction of sp³-hybridized carbons (Fsp3) is 0.326. The molecule has 7 aromatic rings. The van der Waals surface area contributed by atoms with Crippen molar-refractivity contribution in [3.05, 3.63) is 97.0 Å². The summed E-state index contributed by atoms with van der Waals surface area (Å²) in [5.74, 6) is 0.437. The van der Waals surface area contributed by atoms with Gasteiger partial charge in [-0.3, -0.25) is 29.2 Å². The van der Waals surface area contributed by atoms with Gasteiger partial charge in [0.2, 0.25) is 11.8 Å². The molecule has 0 saturated carbocycles. The van der Waals surface area contributed by atoms with Crippen molar-refractivity contribution in [1.29, 1.82) is 0 Å². The van der Waals surface area contributed by atoms with Crippen molar-refractivity contribution < 1.29 is 27.3 Å². The van der Waals surface area contributed by atoms with Gasteiger partial charge in [-0.2, -0.15) is 5.10 Å². The normalized spacial score (nSPS) is 19.1. The molecule has 3 aliphatic heterocycles. The van der Waals surface area contributed by atoms with Gasteiger partial charge in [-0.05, 0) is 91.1 Å². The second-order valence-electron chi connectivity index (χ2n) is 15.8. The van der Waals surface area contributed by atoms with Crippen LogP contribution in [0.5, 0.6) is 5.75 Å². The van der Waals surface area contributed by atoms with E-state index in [1.165, 1.54) is 7.11 Å². The summed E-state index contributed by atoms with van der Waals surface area (Å²) < 4.78 is 45.1. The van der Waals surface area contributed by atoms with Crippen molar-refractivity contribution in [3.63, 3.8) is 0 Å².